The quantitative estimate of drug-likeness (QED) is 0.727. The average molecular weight is 298 g/mol. The van der Waals surface area contributed by atoms with Crippen LogP contribution in [-0.2, 0) is 24.1 Å². The van der Waals surface area contributed by atoms with E-state index in [1.54, 1.807) is 20.2 Å². The maximum atomic E-state index is 12.1. The fraction of sp³-hybridized carbons (Fsp3) is 0.417. The number of benzene rings is 1. The molecular weight excluding hydrogens is 280 g/mol. The predicted molar refractivity (Wildman–Crippen MR) is 77.0 cm³/mol. The van der Waals surface area contributed by atoms with E-state index in [0.29, 0.717) is 30.5 Å². The van der Waals surface area contributed by atoms with Crippen molar-refractivity contribution in [2.24, 2.45) is 19.8 Å². The zero-order chi connectivity index (χ0) is 14.9. The third kappa shape index (κ3) is 2.49. The van der Waals surface area contributed by atoms with Gasteiger partial charge in [0.2, 0.25) is 10.0 Å². The van der Waals surface area contributed by atoms with Gasteiger partial charge in [-0.1, -0.05) is 0 Å². The number of fused-ring (bicyclic) bond motifs is 1. The maximum Gasteiger partial charge on any atom is 0.328 e. The summed E-state index contributed by atoms with van der Waals surface area (Å²) in [7, 11) is -0.309. The minimum absolute atomic E-state index is 0.142. The first kappa shape index (κ1) is 14.8. The lowest BCUT2D eigenvalue weighted by Crippen LogP contribution is -2.26. The third-order valence-electron chi connectivity index (χ3n) is 3.23. The molecule has 0 aliphatic rings. The summed E-state index contributed by atoms with van der Waals surface area (Å²) in [4.78, 5) is 11.9. The van der Waals surface area contributed by atoms with Crippen molar-refractivity contribution in [1.29, 1.82) is 0 Å². The fourth-order valence-corrected chi connectivity index (χ4v) is 3.14. The van der Waals surface area contributed by atoms with Gasteiger partial charge in [0.05, 0.1) is 15.9 Å². The Labute approximate surface area is 117 Å². The SMILES string of the molecule is Cn1c(=O)n(C)c2cc(S(=O)(=O)NCCCN)ccc21. The van der Waals surface area contributed by atoms with Crippen LogP contribution in [0.15, 0.2) is 27.9 Å². The topological polar surface area (TPSA) is 99.1 Å². The van der Waals surface area contributed by atoms with Crippen molar-refractivity contribution in [3.8, 4) is 0 Å². The number of hydrogen-bond donors (Lipinski definition) is 2. The number of nitrogens with one attached hydrogen (secondary N) is 1. The van der Waals surface area contributed by atoms with Crippen molar-refractivity contribution in [3.63, 3.8) is 0 Å². The summed E-state index contributed by atoms with van der Waals surface area (Å²) in [5.74, 6) is 0. The van der Waals surface area contributed by atoms with E-state index in [1.807, 2.05) is 0 Å². The van der Waals surface area contributed by atoms with Crippen LogP contribution in [0.2, 0.25) is 0 Å². The molecule has 7 nitrogen and oxygen atoms in total. The summed E-state index contributed by atoms with van der Waals surface area (Å²) >= 11 is 0. The van der Waals surface area contributed by atoms with E-state index in [2.05, 4.69) is 4.72 Å². The number of rotatable bonds is 5. The largest absolute Gasteiger partial charge is 0.330 e. The molecule has 0 aliphatic heterocycles. The first-order valence-electron chi connectivity index (χ1n) is 6.23. The molecule has 1 aromatic heterocycles. The number of aromatic nitrogens is 2. The second-order valence-corrected chi connectivity index (χ2v) is 6.36. The number of nitrogens with zero attached hydrogens (tertiary/aromatic N) is 2. The minimum atomic E-state index is -3.57. The van der Waals surface area contributed by atoms with Gasteiger partial charge >= 0.3 is 5.69 Å². The molecule has 0 fully saturated rings. The van der Waals surface area contributed by atoms with Crippen LogP contribution in [0.1, 0.15) is 6.42 Å². The van der Waals surface area contributed by atoms with E-state index in [-0.39, 0.29) is 10.6 Å². The molecule has 2 aromatic rings. The molecule has 0 amide bonds. The molecule has 1 heterocycles. The lowest BCUT2D eigenvalue weighted by Gasteiger charge is -2.06. The highest BCUT2D eigenvalue weighted by atomic mass is 32.2. The Balaban J connectivity index is 2.47. The van der Waals surface area contributed by atoms with Gasteiger partial charge in [-0.3, -0.25) is 9.13 Å². The average Bonchev–Trinajstić information content (AvgIpc) is 2.64. The summed E-state index contributed by atoms with van der Waals surface area (Å²) in [6.07, 6.45) is 0.575. The van der Waals surface area contributed by atoms with Crippen LogP contribution in [0.3, 0.4) is 0 Å². The Bertz CT molecular complexity index is 789. The van der Waals surface area contributed by atoms with E-state index in [1.165, 1.54) is 21.3 Å². The minimum Gasteiger partial charge on any atom is -0.330 e. The number of imidazole rings is 1. The predicted octanol–water partition coefficient (Wildman–Crippen LogP) is -0.496. The van der Waals surface area contributed by atoms with Crippen molar-refractivity contribution < 1.29 is 8.42 Å². The number of aryl methyl sites for hydroxylation is 2. The van der Waals surface area contributed by atoms with E-state index < -0.39 is 10.0 Å². The molecule has 0 saturated heterocycles. The normalized spacial score (nSPS) is 12.2. The molecule has 20 heavy (non-hydrogen) atoms. The lowest BCUT2D eigenvalue weighted by atomic mass is 10.3. The van der Waals surface area contributed by atoms with E-state index >= 15 is 0 Å². The monoisotopic (exact) mass is 298 g/mol. The van der Waals surface area contributed by atoms with Crippen molar-refractivity contribution in [2.45, 2.75) is 11.3 Å². The Hall–Kier alpha value is -1.64. The van der Waals surface area contributed by atoms with Crippen LogP contribution in [0, 0.1) is 0 Å². The van der Waals surface area contributed by atoms with Crippen LogP contribution >= 0.6 is 0 Å². The van der Waals surface area contributed by atoms with E-state index in [9.17, 15) is 13.2 Å². The molecular formula is C12H18N4O3S. The Morgan fingerprint density at radius 1 is 1.20 bits per heavy atom. The molecule has 0 radical (unpaired) electrons. The summed E-state index contributed by atoms with van der Waals surface area (Å²) in [6, 6.07) is 4.63. The number of nitrogens with two attached hydrogens (primary N) is 1. The van der Waals surface area contributed by atoms with Gasteiger partial charge in [0, 0.05) is 20.6 Å². The van der Waals surface area contributed by atoms with Crippen molar-refractivity contribution in [1.82, 2.24) is 13.9 Å². The van der Waals surface area contributed by atoms with Gasteiger partial charge in [-0.05, 0) is 31.2 Å². The molecule has 0 saturated carbocycles. The summed E-state index contributed by atoms with van der Waals surface area (Å²) in [5, 5.41) is 0. The van der Waals surface area contributed by atoms with Crippen molar-refractivity contribution in [2.75, 3.05) is 13.1 Å². The molecule has 2 rings (SSSR count). The first-order valence-corrected chi connectivity index (χ1v) is 7.72. The first-order chi connectivity index (χ1) is 9.38. The molecule has 8 heteroatoms. The highest BCUT2D eigenvalue weighted by Gasteiger charge is 2.16. The second kappa shape index (κ2) is 5.39. The summed E-state index contributed by atoms with van der Waals surface area (Å²) in [6.45, 7) is 0.722. The fourth-order valence-electron chi connectivity index (χ4n) is 2.05. The smallest absolute Gasteiger partial charge is 0.328 e. The standard InChI is InChI=1S/C12H18N4O3S/c1-15-10-5-4-9(8-11(10)16(2)12(15)17)20(18,19)14-7-3-6-13/h4-5,8,14H,3,6-7,13H2,1-2H3. The highest BCUT2D eigenvalue weighted by Crippen LogP contribution is 2.17. The second-order valence-electron chi connectivity index (χ2n) is 4.59. The van der Waals surface area contributed by atoms with Gasteiger partial charge < -0.3 is 5.73 Å². The molecule has 0 spiro atoms. The molecule has 0 bridgehead atoms. The van der Waals surface area contributed by atoms with Crippen molar-refractivity contribution in [3.05, 3.63) is 28.7 Å². The molecule has 3 N–H and O–H groups in total. The zero-order valence-corrected chi connectivity index (χ0v) is 12.3. The van der Waals surface area contributed by atoms with Gasteiger partial charge in [0.15, 0.2) is 0 Å². The number of hydrogen-bond acceptors (Lipinski definition) is 4. The molecule has 0 unspecified atom stereocenters. The van der Waals surface area contributed by atoms with Gasteiger partial charge in [-0.15, -0.1) is 0 Å². The van der Waals surface area contributed by atoms with Crippen LogP contribution in [0.5, 0.6) is 0 Å². The van der Waals surface area contributed by atoms with Crippen LogP contribution in [0.4, 0.5) is 0 Å². The van der Waals surface area contributed by atoms with Gasteiger partial charge in [-0.25, -0.2) is 17.9 Å². The molecule has 0 aliphatic carbocycles. The number of sulfonamides is 1. The van der Waals surface area contributed by atoms with Gasteiger partial charge in [-0.2, -0.15) is 0 Å². The van der Waals surface area contributed by atoms with Crippen LogP contribution in [-0.4, -0.2) is 30.6 Å². The maximum absolute atomic E-state index is 12.1. The Morgan fingerprint density at radius 2 is 1.85 bits per heavy atom. The Kier molecular flexibility index (Phi) is 3.98. The Morgan fingerprint density at radius 3 is 2.50 bits per heavy atom. The molecule has 110 valence electrons. The van der Waals surface area contributed by atoms with Crippen LogP contribution in [0.25, 0.3) is 11.0 Å². The lowest BCUT2D eigenvalue weighted by molar-refractivity contribution is 0.579. The highest BCUT2D eigenvalue weighted by molar-refractivity contribution is 7.89. The summed E-state index contributed by atoms with van der Waals surface area (Å²) in [5.41, 5.74) is 6.42. The zero-order valence-electron chi connectivity index (χ0n) is 11.5. The molecule has 1 aromatic carbocycles. The molecule has 0 atom stereocenters. The van der Waals surface area contributed by atoms with E-state index in [0.717, 1.165) is 0 Å². The van der Waals surface area contributed by atoms with Crippen molar-refractivity contribution >= 4 is 21.1 Å². The van der Waals surface area contributed by atoms with Gasteiger partial charge in [0.1, 0.15) is 0 Å². The third-order valence-corrected chi connectivity index (χ3v) is 4.69. The summed E-state index contributed by atoms with van der Waals surface area (Å²) < 4.78 is 29.6. The van der Waals surface area contributed by atoms with E-state index in [4.69, 9.17) is 5.73 Å². The van der Waals surface area contributed by atoms with Gasteiger partial charge in [0.25, 0.3) is 0 Å². The van der Waals surface area contributed by atoms with Crippen LogP contribution < -0.4 is 16.1 Å².